The molecule has 0 fully saturated rings. The van der Waals surface area contributed by atoms with Gasteiger partial charge in [0.25, 0.3) is 0 Å². The number of nitrogens with two attached hydrogens (primary N) is 1. The molecule has 0 unspecified atom stereocenters. The van der Waals surface area contributed by atoms with Crippen LogP contribution < -0.4 is 10.5 Å². The lowest BCUT2D eigenvalue weighted by Crippen LogP contribution is -1.95. The molecule has 0 amide bonds. The quantitative estimate of drug-likeness (QED) is 0.796. The van der Waals surface area contributed by atoms with Crippen molar-refractivity contribution < 1.29 is 9.13 Å². The van der Waals surface area contributed by atoms with E-state index in [0.29, 0.717) is 17.2 Å². The number of nitrogens with zero attached hydrogens (tertiary/aromatic N) is 2. The summed E-state index contributed by atoms with van der Waals surface area (Å²) in [4.78, 5) is 7.89. The van der Waals surface area contributed by atoms with Crippen LogP contribution in [-0.4, -0.2) is 9.97 Å². The Kier molecular flexibility index (Phi) is 3.47. The third-order valence-electron chi connectivity index (χ3n) is 2.91. The maximum Gasteiger partial charge on any atom is 0.219 e. The summed E-state index contributed by atoms with van der Waals surface area (Å²) in [6.45, 7) is 0. The van der Waals surface area contributed by atoms with Crippen LogP contribution in [0.2, 0.25) is 0 Å². The van der Waals surface area contributed by atoms with E-state index in [9.17, 15) is 4.39 Å². The van der Waals surface area contributed by atoms with Gasteiger partial charge >= 0.3 is 0 Å². The summed E-state index contributed by atoms with van der Waals surface area (Å²) in [5, 5.41) is 0. The van der Waals surface area contributed by atoms with Gasteiger partial charge in [0, 0.05) is 17.8 Å². The van der Waals surface area contributed by atoms with Crippen molar-refractivity contribution >= 4 is 5.82 Å². The largest absolute Gasteiger partial charge is 0.439 e. The van der Waals surface area contributed by atoms with Crippen LogP contribution in [0, 0.1) is 5.82 Å². The summed E-state index contributed by atoms with van der Waals surface area (Å²) in [5.41, 5.74) is 7.09. The first-order chi connectivity index (χ1) is 10.2. The number of hydrogen-bond acceptors (Lipinski definition) is 4. The summed E-state index contributed by atoms with van der Waals surface area (Å²) in [6.07, 6.45) is 2.75. The molecule has 0 atom stereocenters. The molecule has 0 bridgehead atoms. The molecular weight excluding hydrogens is 269 g/mol. The molecule has 21 heavy (non-hydrogen) atoms. The second kappa shape index (κ2) is 5.58. The molecule has 2 aromatic heterocycles. The highest BCUT2D eigenvalue weighted by molar-refractivity contribution is 5.73. The first-order valence-electron chi connectivity index (χ1n) is 6.33. The van der Waals surface area contributed by atoms with E-state index in [0.717, 1.165) is 11.8 Å². The lowest BCUT2D eigenvalue weighted by Gasteiger charge is -2.07. The molecular formula is C16H12FN3O. The maximum atomic E-state index is 13.2. The topological polar surface area (TPSA) is 61.0 Å². The zero-order valence-corrected chi connectivity index (χ0v) is 11.0. The number of pyridine rings is 2. The van der Waals surface area contributed by atoms with Gasteiger partial charge < -0.3 is 10.5 Å². The van der Waals surface area contributed by atoms with Crippen molar-refractivity contribution in [3.63, 3.8) is 0 Å². The number of hydrogen-bond donors (Lipinski definition) is 1. The van der Waals surface area contributed by atoms with Crippen LogP contribution in [-0.2, 0) is 0 Å². The Morgan fingerprint density at radius 3 is 2.52 bits per heavy atom. The Bertz CT molecular complexity index is 745. The van der Waals surface area contributed by atoms with Gasteiger partial charge in [-0.05, 0) is 29.8 Å². The highest BCUT2D eigenvalue weighted by atomic mass is 19.1. The SMILES string of the molecule is Nc1ncc(F)cc1-c1ccc(Oc2ccccn2)cc1. The fraction of sp³-hybridized carbons (Fsp3) is 0. The number of nitrogen functional groups attached to an aromatic ring is 1. The summed E-state index contributed by atoms with van der Waals surface area (Å²) in [7, 11) is 0. The van der Waals surface area contributed by atoms with E-state index >= 15 is 0 Å². The molecule has 3 aromatic rings. The van der Waals surface area contributed by atoms with Gasteiger partial charge in [0.15, 0.2) is 0 Å². The Morgan fingerprint density at radius 2 is 1.81 bits per heavy atom. The Hall–Kier alpha value is -2.95. The molecule has 2 N–H and O–H groups in total. The van der Waals surface area contributed by atoms with E-state index in [1.165, 1.54) is 6.07 Å². The molecule has 0 radical (unpaired) electrons. The molecule has 0 saturated heterocycles. The minimum atomic E-state index is -0.423. The van der Waals surface area contributed by atoms with E-state index in [-0.39, 0.29) is 5.82 Å². The molecule has 104 valence electrons. The van der Waals surface area contributed by atoms with Gasteiger partial charge in [0.2, 0.25) is 5.88 Å². The van der Waals surface area contributed by atoms with Crippen molar-refractivity contribution in [3.8, 4) is 22.8 Å². The van der Waals surface area contributed by atoms with E-state index < -0.39 is 5.82 Å². The first-order valence-corrected chi connectivity index (χ1v) is 6.33. The van der Waals surface area contributed by atoms with Crippen LogP contribution in [0.3, 0.4) is 0 Å². The molecule has 0 aliphatic rings. The predicted octanol–water partition coefficient (Wildman–Crippen LogP) is 3.66. The number of aromatic nitrogens is 2. The molecule has 4 nitrogen and oxygen atoms in total. The summed E-state index contributed by atoms with van der Waals surface area (Å²) >= 11 is 0. The molecule has 2 heterocycles. The Balaban J connectivity index is 1.85. The van der Waals surface area contributed by atoms with E-state index in [2.05, 4.69) is 9.97 Å². The zero-order chi connectivity index (χ0) is 14.7. The van der Waals surface area contributed by atoms with Crippen LogP contribution in [0.1, 0.15) is 0 Å². The van der Waals surface area contributed by atoms with E-state index in [1.807, 2.05) is 12.1 Å². The van der Waals surface area contributed by atoms with Crippen LogP contribution >= 0.6 is 0 Å². The average Bonchev–Trinajstić information content (AvgIpc) is 2.52. The lowest BCUT2D eigenvalue weighted by molar-refractivity contribution is 0.463. The van der Waals surface area contributed by atoms with E-state index in [1.54, 1.807) is 36.5 Å². The summed E-state index contributed by atoms with van der Waals surface area (Å²) in [5.74, 6) is 1.01. The minimum Gasteiger partial charge on any atom is -0.439 e. The standard InChI is InChI=1S/C16H12FN3O/c17-12-9-14(16(18)20-10-12)11-4-6-13(7-5-11)21-15-3-1-2-8-19-15/h1-10H,(H2,18,20). The van der Waals surface area contributed by atoms with Crippen molar-refractivity contribution in [1.29, 1.82) is 0 Å². The number of anilines is 1. The van der Waals surface area contributed by atoms with Crippen molar-refractivity contribution in [2.24, 2.45) is 0 Å². The fourth-order valence-electron chi connectivity index (χ4n) is 1.91. The summed E-state index contributed by atoms with van der Waals surface area (Å²) < 4.78 is 18.8. The van der Waals surface area contributed by atoms with Gasteiger partial charge in [-0.1, -0.05) is 18.2 Å². The number of halogens is 1. The Morgan fingerprint density at radius 1 is 1.00 bits per heavy atom. The normalized spacial score (nSPS) is 10.3. The molecule has 1 aromatic carbocycles. The van der Waals surface area contributed by atoms with Crippen LogP contribution in [0.5, 0.6) is 11.6 Å². The van der Waals surface area contributed by atoms with Crippen molar-refractivity contribution in [3.05, 3.63) is 66.7 Å². The molecule has 5 heteroatoms. The predicted molar refractivity (Wildman–Crippen MR) is 78.4 cm³/mol. The fourth-order valence-corrected chi connectivity index (χ4v) is 1.91. The minimum absolute atomic E-state index is 0.287. The van der Waals surface area contributed by atoms with Crippen LogP contribution in [0.4, 0.5) is 10.2 Å². The van der Waals surface area contributed by atoms with Crippen molar-refractivity contribution in [2.75, 3.05) is 5.73 Å². The Labute approximate surface area is 121 Å². The molecule has 0 aliphatic heterocycles. The molecule has 0 saturated carbocycles. The second-order valence-electron chi connectivity index (χ2n) is 4.38. The van der Waals surface area contributed by atoms with Crippen molar-refractivity contribution in [2.45, 2.75) is 0 Å². The van der Waals surface area contributed by atoms with Gasteiger partial charge in [0.05, 0.1) is 6.20 Å². The smallest absolute Gasteiger partial charge is 0.219 e. The average molecular weight is 281 g/mol. The second-order valence-corrected chi connectivity index (χ2v) is 4.38. The highest BCUT2D eigenvalue weighted by Crippen LogP contribution is 2.28. The zero-order valence-electron chi connectivity index (χ0n) is 11.0. The van der Waals surface area contributed by atoms with Crippen LogP contribution in [0.25, 0.3) is 11.1 Å². The van der Waals surface area contributed by atoms with Gasteiger partial charge in [-0.2, -0.15) is 0 Å². The lowest BCUT2D eigenvalue weighted by atomic mass is 10.1. The molecule has 3 rings (SSSR count). The van der Waals surface area contributed by atoms with Gasteiger partial charge in [-0.25, -0.2) is 14.4 Å². The number of rotatable bonds is 3. The molecule has 0 spiro atoms. The maximum absolute atomic E-state index is 13.2. The highest BCUT2D eigenvalue weighted by Gasteiger charge is 2.06. The molecule has 0 aliphatic carbocycles. The van der Waals surface area contributed by atoms with Gasteiger partial charge in [0.1, 0.15) is 17.4 Å². The summed E-state index contributed by atoms with van der Waals surface area (Å²) in [6, 6.07) is 13.9. The monoisotopic (exact) mass is 281 g/mol. The van der Waals surface area contributed by atoms with Crippen LogP contribution in [0.15, 0.2) is 60.9 Å². The van der Waals surface area contributed by atoms with Gasteiger partial charge in [-0.3, -0.25) is 0 Å². The number of benzene rings is 1. The van der Waals surface area contributed by atoms with Crippen molar-refractivity contribution in [1.82, 2.24) is 9.97 Å². The third kappa shape index (κ3) is 2.97. The first kappa shape index (κ1) is 13.1. The van der Waals surface area contributed by atoms with E-state index in [4.69, 9.17) is 10.5 Å². The third-order valence-corrected chi connectivity index (χ3v) is 2.91. The van der Waals surface area contributed by atoms with Gasteiger partial charge in [-0.15, -0.1) is 0 Å². The number of ether oxygens (including phenoxy) is 1.